The number of hydrogen-bond acceptors (Lipinski definition) is 1. The topological polar surface area (TPSA) is 17.1 Å². The Morgan fingerprint density at radius 1 is 1.50 bits per heavy atom. The van der Waals surface area contributed by atoms with Crippen LogP contribution in [0, 0.1) is 5.41 Å². The van der Waals surface area contributed by atoms with Crippen molar-refractivity contribution >= 4 is 6.29 Å². The van der Waals surface area contributed by atoms with E-state index in [1.165, 1.54) is 6.42 Å². The Kier molecular flexibility index (Phi) is 2.25. The Bertz CT molecular complexity index is 134. The van der Waals surface area contributed by atoms with Gasteiger partial charge < -0.3 is 4.79 Å². The maximum atomic E-state index is 10.6. The van der Waals surface area contributed by atoms with E-state index in [9.17, 15) is 4.79 Å². The normalized spacial score (nSPS) is 21.2. The predicted molar refractivity (Wildman–Crippen MR) is 41.8 cm³/mol. The predicted octanol–water partition coefficient (Wildman–Crippen LogP) is 2.32. The van der Waals surface area contributed by atoms with Gasteiger partial charge >= 0.3 is 0 Å². The van der Waals surface area contributed by atoms with Crippen molar-refractivity contribution in [2.24, 2.45) is 5.41 Å². The van der Waals surface area contributed by atoms with Crippen LogP contribution in [0.3, 0.4) is 0 Å². The van der Waals surface area contributed by atoms with Gasteiger partial charge in [-0.05, 0) is 25.7 Å². The van der Waals surface area contributed by atoms with Crippen LogP contribution in [-0.2, 0) is 4.79 Å². The van der Waals surface area contributed by atoms with E-state index in [4.69, 9.17) is 0 Å². The third-order valence-corrected chi connectivity index (χ3v) is 2.45. The monoisotopic (exact) mass is 138 g/mol. The zero-order chi connectivity index (χ0) is 7.45. The highest BCUT2D eigenvalue weighted by Crippen LogP contribution is 2.42. The van der Waals surface area contributed by atoms with Crippen LogP contribution in [0.1, 0.15) is 32.1 Å². The van der Waals surface area contributed by atoms with Gasteiger partial charge in [0.1, 0.15) is 6.29 Å². The molecule has 1 nitrogen and oxygen atoms in total. The van der Waals surface area contributed by atoms with Gasteiger partial charge in [0.15, 0.2) is 0 Å². The van der Waals surface area contributed by atoms with E-state index in [1.54, 1.807) is 0 Å². The Hall–Kier alpha value is -0.590. The minimum Gasteiger partial charge on any atom is -0.303 e. The number of carbonyl (C=O) groups excluding carboxylic acids is 1. The van der Waals surface area contributed by atoms with Gasteiger partial charge in [0.2, 0.25) is 0 Å². The van der Waals surface area contributed by atoms with E-state index in [0.717, 1.165) is 32.0 Å². The molecule has 0 aromatic rings. The molecule has 0 aliphatic heterocycles. The molecule has 1 saturated carbocycles. The van der Waals surface area contributed by atoms with E-state index in [1.807, 2.05) is 6.08 Å². The van der Waals surface area contributed by atoms with Crippen LogP contribution >= 0.6 is 0 Å². The lowest BCUT2D eigenvalue weighted by atomic mass is 9.67. The third kappa shape index (κ3) is 1.28. The Morgan fingerprint density at radius 3 is 2.50 bits per heavy atom. The van der Waals surface area contributed by atoms with Crippen molar-refractivity contribution in [3.63, 3.8) is 0 Å². The first-order valence-corrected chi connectivity index (χ1v) is 3.90. The Labute approximate surface area is 62.1 Å². The number of hydrogen-bond donors (Lipinski definition) is 0. The van der Waals surface area contributed by atoms with Gasteiger partial charge in [0, 0.05) is 5.41 Å². The molecule has 0 heterocycles. The van der Waals surface area contributed by atoms with Gasteiger partial charge in [-0.3, -0.25) is 0 Å². The van der Waals surface area contributed by atoms with Crippen LogP contribution in [0.4, 0.5) is 0 Å². The molecule has 0 bridgehead atoms. The summed E-state index contributed by atoms with van der Waals surface area (Å²) in [5, 5.41) is 0. The fourth-order valence-electron chi connectivity index (χ4n) is 1.45. The maximum Gasteiger partial charge on any atom is 0.126 e. The van der Waals surface area contributed by atoms with Crippen LogP contribution in [-0.4, -0.2) is 6.29 Å². The van der Waals surface area contributed by atoms with Gasteiger partial charge in [-0.25, -0.2) is 0 Å². The molecule has 0 radical (unpaired) electrons. The van der Waals surface area contributed by atoms with Crippen LogP contribution < -0.4 is 0 Å². The van der Waals surface area contributed by atoms with E-state index < -0.39 is 0 Å². The van der Waals surface area contributed by atoms with Crippen molar-refractivity contribution in [3.8, 4) is 0 Å². The standard InChI is InChI=1S/C9H14O/c1-2-3-5-9(8-10)6-4-7-9/h2,8H,1,3-7H2. The summed E-state index contributed by atoms with van der Waals surface area (Å²) in [4.78, 5) is 10.6. The molecular weight excluding hydrogens is 124 g/mol. The fraction of sp³-hybridized carbons (Fsp3) is 0.667. The van der Waals surface area contributed by atoms with Gasteiger partial charge in [-0.1, -0.05) is 12.5 Å². The second kappa shape index (κ2) is 3.00. The highest BCUT2D eigenvalue weighted by molar-refractivity contribution is 5.60. The summed E-state index contributed by atoms with van der Waals surface area (Å²) in [6, 6.07) is 0. The van der Waals surface area contributed by atoms with Crippen molar-refractivity contribution in [2.45, 2.75) is 32.1 Å². The van der Waals surface area contributed by atoms with Crippen molar-refractivity contribution in [2.75, 3.05) is 0 Å². The molecule has 0 atom stereocenters. The zero-order valence-electron chi connectivity index (χ0n) is 6.31. The minimum atomic E-state index is 0.0637. The second-order valence-electron chi connectivity index (χ2n) is 3.16. The fourth-order valence-corrected chi connectivity index (χ4v) is 1.45. The zero-order valence-corrected chi connectivity index (χ0v) is 6.31. The van der Waals surface area contributed by atoms with Gasteiger partial charge in [0.05, 0.1) is 0 Å². The van der Waals surface area contributed by atoms with E-state index in [0.29, 0.717) is 0 Å². The summed E-state index contributed by atoms with van der Waals surface area (Å²) < 4.78 is 0. The molecule has 0 unspecified atom stereocenters. The first-order valence-electron chi connectivity index (χ1n) is 3.90. The quantitative estimate of drug-likeness (QED) is 0.430. The summed E-state index contributed by atoms with van der Waals surface area (Å²) >= 11 is 0. The van der Waals surface area contributed by atoms with Gasteiger partial charge in [-0.15, -0.1) is 6.58 Å². The average Bonchev–Trinajstić information content (AvgIpc) is 1.87. The molecule has 0 aromatic carbocycles. The molecule has 0 N–H and O–H groups in total. The molecule has 0 spiro atoms. The number of carbonyl (C=O) groups is 1. The van der Waals surface area contributed by atoms with Gasteiger partial charge in [-0.2, -0.15) is 0 Å². The molecular formula is C9H14O. The molecule has 0 aromatic heterocycles. The SMILES string of the molecule is C=CCCC1(C=O)CCC1. The summed E-state index contributed by atoms with van der Waals surface area (Å²) in [5.41, 5.74) is 0.0637. The van der Waals surface area contributed by atoms with Crippen LogP contribution in [0.2, 0.25) is 0 Å². The van der Waals surface area contributed by atoms with E-state index >= 15 is 0 Å². The molecule has 0 saturated heterocycles. The minimum absolute atomic E-state index is 0.0637. The Balaban J connectivity index is 2.33. The lowest BCUT2D eigenvalue weighted by Gasteiger charge is -2.36. The first-order chi connectivity index (χ1) is 4.83. The van der Waals surface area contributed by atoms with Crippen molar-refractivity contribution < 1.29 is 4.79 Å². The molecule has 1 heteroatoms. The lowest BCUT2D eigenvalue weighted by molar-refractivity contribution is -0.120. The molecule has 1 aliphatic rings. The van der Waals surface area contributed by atoms with Crippen LogP contribution in [0.25, 0.3) is 0 Å². The average molecular weight is 138 g/mol. The Morgan fingerprint density at radius 2 is 2.20 bits per heavy atom. The van der Waals surface area contributed by atoms with Gasteiger partial charge in [0.25, 0.3) is 0 Å². The van der Waals surface area contributed by atoms with E-state index in [2.05, 4.69) is 6.58 Å². The third-order valence-electron chi connectivity index (χ3n) is 2.45. The van der Waals surface area contributed by atoms with Crippen molar-refractivity contribution in [1.82, 2.24) is 0 Å². The summed E-state index contributed by atoms with van der Waals surface area (Å²) in [5.74, 6) is 0. The van der Waals surface area contributed by atoms with Crippen LogP contribution in [0.15, 0.2) is 12.7 Å². The second-order valence-corrected chi connectivity index (χ2v) is 3.16. The van der Waals surface area contributed by atoms with Crippen molar-refractivity contribution in [1.29, 1.82) is 0 Å². The number of rotatable bonds is 4. The highest BCUT2D eigenvalue weighted by Gasteiger charge is 2.35. The molecule has 56 valence electrons. The first kappa shape index (κ1) is 7.52. The number of aldehydes is 1. The largest absolute Gasteiger partial charge is 0.303 e. The van der Waals surface area contributed by atoms with Crippen molar-refractivity contribution in [3.05, 3.63) is 12.7 Å². The number of allylic oxidation sites excluding steroid dienone is 1. The smallest absolute Gasteiger partial charge is 0.126 e. The maximum absolute atomic E-state index is 10.6. The van der Waals surface area contributed by atoms with E-state index in [-0.39, 0.29) is 5.41 Å². The summed E-state index contributed by atoms with van der Waals surface area (Å²) in [6.45, 7) is 3.64. The highest BCUT2D eigenvalue weighted by atomic mass is 16.1. The van der Waals surface area contributed by atoms with Crippen LogP contribution in [0.5, 0.6) is 0 Å². The molecule has 1 aliphatic carbocycles. The molecule has 10 heavy (non-hydrogen) atoms. The summed E-state index contributed by atoms with van der Waals surface area (Å²) in [6.07, 6.45) is 8.47. The molecule has 0 amide bonds. The lowest BCUT2D eigenvalue weighted by Crippen LogP contribution is -2.30. The molecule has 1 rings (SSSR count). The molecule has 1 fully saturated rings. The summed E-state index contributed by atoms with van der Waals surface area (Å²) in [7, 11) is 0.